The molecule has 3 heterocycles. The minimum atomic E-state index is -0.169. The zero-order valence-corrected chi connectivity index (χ0v) is 17.4. The first kappa shape index (κ1) is 19.6. The Morgan fingerprint density at radius 3 is 2.77 bits per heavy atom. The average molecular weight is 419 g/mol. The Morgan fingerprint density at radius 1 is 1.10 bits per heavy atom. The van der Waals surface area contributed by atoms with Crippen molar-refractivity contribution >= 4 is 5.91 Å². The quantitative estimate of drug-likeness (QED) is 0.660. The summed E-state index contributed by atoms with van der Waals surface area (Å²) >= 11 is 0. The van der Waals surface area contributed by atoms with Crippen molar-refractivity contribution < 1.29 is 19.0 Å². The fourth-order valence-electron chi connectivity index (χ4n) is 4.29. The minimum Gasteiger partial charge on any atom is -0.454 e. The molecule has 0 unspecified atom stereocenters. The van der Waals surface area contributed by atoms with Gasteiger partial charge in [-0.15, -0.1) is 0 Å². The number of ether oxygens (including phenoxy) is 3. The molecule has 160 valence electrons. The van der Waals surface area contributed by atoms with E-state index in [-0.39, 0.29) is 18.1 Å². The molecule has 1 saturated heterocycles. The van der Waals surface area contributed by atoms with E-state index in [0.717, 1.165) is 24.2 Å². The number of H-pyrrole nitrogens is 1. The van der Waals surface area contributed by atoms with Crippen LogP contribution in [-0.2, 0) is 10.2 Å². The third-order valence-electron chi connectivity index (χ3n) is 6.16. The number of nitrogens with one attached hydrogen (secondary N) is 2. The molecule has 7 nitrogen and oxygen atoms in total. The normalized spacial score (nSPS) is 16.8. The minimum absolute atomic E-state index is 0.125. The molecule has 1 aromatic heterocycles. The van der Waals surface area contributed by atoms with Gasteiger partial charge in [0.05, 0.1) is 5.69 Å². The van der Waals surface area contributed by atoms with Gasteiger partial charge in [0.1, 0.15) is 5.69 Å². The van der Waals surface area contributed by atoms with Gasteiger partial charge in [0.2, 0.25) is 6.79 Å². The van der Waals surface area contributed by atoms with E-state index in [2.05, 4.69) is 46.7 Å². The van der Waals surface area contributed by atoms with Gasteiger partial charge in [-0.2, -0.15) is 5.10 Å². The number of nitrogens with zero attached hydrogens (tertiary/aromatic N) is 1. The van der Waals surface area contributed by atoms with Crippen molar-refractivity contribution in [3.8, 4) is 22.8 Å². The first-order chi connectivity index (χ1) is 15.1. The lowest BCUT2D eigenvalue weighted by atomic mass is 9.73. The van der Waals surface area contributed by atoms with Gasteiger partial charge < -0.3 is 19.5 Å². The highest BCUT2D eigenvalue weighted by Crippen LogP contribution is 2.36. The predicted octanol–water partition coefficient (Wildman–Crippen LogP) is 3.59. The summed E-state index contributed by atoms with van der Waals surface area (Å²) in [7, 11) is 0. The topological polar surface area (TPSA) is 85.5 Å². The summed E-state index contributed by atoms with van der Waals surface area (Å²) in [4.78, 5) is 12.9. The van der Waals surface area contributed by atoms with Crippen LogP contribution in [0.5, 0.6) is 11.5 Å². The summed E-state index contributed by atoms with van der Waals surface area (Å²) in [5.41, 5.74) is 4.32. The van der Waals surface area contributed by atoms with E-state index in [4.69, 9.17) is 14.2 Å². The summed E-state index contributed by atoms with van der Waals surface area (Å²) in [5.74, 6) is 1.24. The Labute approximate surface area is 180 Å². The Balaban J connectivity index is 1.32. The standard InChI is InChI=1S/C24H25N3O4/c1-16-3-2-4-18(11-16)24(7-9-29-10-8-24)14-25-23(28)20-13-19(26-27-20)17-5-6-21-22(12-17)31-15-30-21/h2-6,11-13H,7-10,14-15H2,1H3,(H,25,28)(H,26,27). The molecule has 1 amide bonds. The van der Waals surface area contributed by atoms with Crippen LogP contribution >= 0.6 is 0 Å². The largest absolute Gasteiger partial charge is 0.454 e. The summed E-state index contributed by atoms with van der Waals surface area (Å²) in [6, 6.07) is 15.9. The second-order valence-electron chi connectivity index (χ2n) is 8.18. The van der Waals surface area contributed by atoms with E-state index in [1.165, 1.54) is 11.1 Å². The lowest BCUT2D eigenvalue weighted by molar-refractivity contribution is 0.0486. The number of carbonyl (C=O) groups excluding carboxylic acids is 1. The molecule has 2 N–H and O–H groups in total. The number of rotatable bonds is 5. The molecule has 7 heteroatoms. The molecule has 2 aliphatic heterocycles. The molecule has 1 fully saturated rings. The van der Waals surface area contributed by atoms with E-state index in [0.29, 0.717) is 36.9 Å². The first-order valence-corrected chi connectivity index (χ1v) is 10.5. The second-order valence-corrected chi connectivity index (χ2v) is 8.18. The van der Waals surface area contributed by atoms with Gasteiger partial charge in [-0.3, -0.25) is 9.89 Å². The molecule has 31 heavy (non-hydrogen) atoms. The fraction of sp³-hybridized carbons (Fsp3) is 0.333. The van der Waals surface area contributed by atoms with Crippen LogP contribution in [0.3, 0.4) is 0 Å². The Hall–Kier alpha value is -3.32. The molecule has 0 bridgehead atoms. The summed E-state index contributed by atoms with van der Waals surface area (Å²) in [6.07, 6.45) is 1.75. The number of aryl methyl sites for hydroxylation is 1. The number of fused-ring (bicyclic) bond motifs is 1. The Bertz CT molecular complexity index is 1100. The highest BCUT2D eigenvalue weighted by atomic mass is 16.7. The summed E-state index contributed by atoms with van der Waals surface area (Å²) in [6.45, 7) is 4.26. The van der Waals surface area contributed by atoms with Crippen molar-refractivity contribution in [2.24, 2.45) is 0 Å². The zero-order valence-electron chi connectivity index (χ0n) is 17.4. The molecule has 3 aromatic rings. The van der Waals surface area contributed by atoms with Crippen LogP contribution in [0.1, 0.15) is 34.5 Å². The fourth-order valence-corrected chi connectivity index (χ4v) is 4.29. The van der Waals surface area contributed by atoms with Crippen LogP contribution in [-0.4, -0.2) is 42.7 Å². The van der Waals surface area contributed by atoms with Crippen molar-refractivity contribution in [1.82, 2.24) is 15.5 Å². The van der Waals surface area contributed by atoms with Crippen molar-refractivity contribution in [2.45, 2.75) is 25.2 Å². The summed E-state index contributed by atoms with van der Waals surface area (Å²) in [5, 5.41) is 10.3. The monoisotopic (exact) mass is 419 g/mol. The molecule has 0 atom stereocenters. The third kappa shape index (κ3) is 3.88. The van der Waals surface area contributed by atoms with E-state index in [1.807, 2.05) is 18.2 Å². The summed E-state index contributed by atoms with van der Waals surface area (Å²) < 4.78 is 16.4. The van der Waals surface area contributed by atoms with Gasteiger partial charge in [-0.25, -0.2) is 0 Å². The maximum Gasteiger partial charge on any atom is 0.269 e. The number of hydrogen-bond donors (Lipinski definition) is 2. The molecule has 5 rings (SSSR count). The molecule has 0 spiro atoms. The third-order valence-corrected chi connectivity index (χ3v) is 6.16. The van der Waals surface area contributed by atoms with Gasteiger partial charge in [0, 0.05) is 30.7 Å². The molecule has 2 aliphatic rings. The maximum absolute atomic E-state index is 12.9. The number of aromatic amines is 1. The van der Waals surface area contributed by atoms with Crippen LogP contribution in [0, 0.1) is 6.92 Å². The van der Waals surface area contributed by atoms with Gasteiger partial charge in [0.15, 0.2) is 11.5 Å². The number of benzene rings is 2. The van der Waals surface area contributed by atoms with Crippen LogP contribution in [0.2, 0.25) is 0 Å². The maximum atomic E-state index is 12.9. The lowest BCUT2D eigenvalue weighted by Crippen LogP contribution is -2.44. The highest BCUT2D eigenvalue weighted by molar-refractivity contribution is 5.93. The molecule has 0 radical (unpaired) electrons. The van der Waals surface area contributed by atoms with Gasteiger partial charge in [-0.1, -0.05) is 29.8 Å². The van der Waals surface area contributed by atoms with Crippen LogP contribution in [0.25, 0.3) is 11.3 Å². The number of amides is 1. The molecule has 0 aliphatic carbocycles. The second kappa shape index (κ2) is 8.07. The van der Waals surface area contributed by atoms with Crippen molar-refractivity contribution in [1.29, 1.82) is 0 Å². The number of carbonyl (C=O) groups is 1. The van der Waals surface area contributed by atoms with E-state index in [9.17, 15) is 4.79 Å². The molecular formula is C24H25N3O4. The van der Waals surface area contributed by atoms with E-state index >= 15 is 0 Å². The van der Waals surface area contributed by atoms with Crippen molar-refractivity contribution in [3.05, 3.63) is 65.4 Å². The molecular weight excluding hydrogens is 394 g/mol. The molecule has 2 aromatic carbocycles. The zero-order chi connectivity index (χ0) is 21.3. The first-order valence-electron chi connectivity index (χ1n) is 10.5. The van der Waals surface area contributed by atoms with Crippen molar-refractivity contribution in [3.63, 3.8) is 0 Å². The van der Waals surface area contributed by atoms with Crippen LogP contribution in [0.15, 0.2) is 48.5 Å². The van der Waals surface area contributed by atoms with Gasteiger partial charge >= 0.3 is 0 Å². The SMILES string of the molecule is Cc1cccc(C2(CNC(=O)c3cc(-c4ccc5c(c4)OCO5)n[nH]3)CCOCC2)c1. The van der Waals surface area contributed by atoms with Crippen molar-refractivity contribution in [2.75, 3.05) is 26.6 Å². The van der Waals surface area contributed by atoms with E-state index < -0.39 is 0 Å². The molecule has 0 saturated carbocycles. The van der Waals surface area contributed by atoms with Gasteiger partial charge in [0.25, 0.3) is 5.91 Å². The van der Waals surface area contributed by atoms with Gasteiger partial charge in [-0.05, 0) is 49.6 Å². The number of hydrogen-bond acceptors (Lipinski definition) is 5. The number of aromatic nitrogens is 2. The smallest absolute Gasteiger partial charge is 0.269 e. The average Bonchev–Trinajstić information content (AvgIpc) is 3.47. The van der Waals surface area contributed by atoms with Crippen LogP contribution in [0.4, 0.5) is 0 Å². The van der Waals surface area contributed by atoms with Crippen LogP contribution < -0.4 is 14.8 Å². The lowest BCUT2D eigenvalue weighted by Gasteiger charge is -2.38. The Morgan fingerprint density at radius 2 is 1.94 bits per heavy atom. The van der Waals surface area contributed by atoms with E-state index in [1.54, 1.807) is 6.07 Å². The predicted molar refractivity (Wildman–Crippen MR) is 115 cm³/mol. The highest BCUT2D eigenvalue weighted by Gasteiger charge is 2.35. The Kier molecular flexibility index (Phi) is 5.11.